The largest absolute Gasteiger partial charge is 0.309 e. The zero-order valence-electron chi connectivity index (χ0n) is 27.2. The van der Waals surface area contributed by atoms with E-state index in [0.29, 0.717) is 0 Å². The molecule has 0 saturated heterocycles. The Balaban J connectivity index is 1.19. The van der Waals surface area contributed by atoms with Crippen LogP contribution in [0.5, 0.6) is 0 Å². The average molecular weight is 635 g/mol. The Morgan fingerprint density at radius 3 is 1.54 bits per heavy atom. The molecule has 0 radical (unpaired) electrons. The van der Waals surface area contributed by atoms with Crippen molar-refractivity contribution in [2.24, 2.45) is 0 Å². The Morgan fingerprint density at radius 1 is 0.300 bits per heavy atom. The monoisotopic (exact) mass is 634 g/mol. The minimum Gasteiger partial charge on any atom is -0.309 e. The van der Waals surface area contributed by atoms with Crippen LogP contribution in [0.4, 0.5) is 0 Å². The Morgan fingerprint density at radius 2 is 0.840 bits per heavy atom. The first-order chi connectivity index (χ1) is 24.8. The molecule has 0 unspecified atom stereocenters. The van der Waals surface area contributed by atoms with Gasteiger partial charge in [0.2, 0.25) is 0 Å². The minimum absolute atomic E-state index is 1.17. The highest BCUT2D eigenvalue weighted by molar-refractivity contribution is 6.29. The van der Waals surface area contributed by atoms with E-state index in [2.05, 4.69) is 191 Å². The molecule has 0 N–H and O–H groups in total. The average Bonchev–Trinajstić information content (AvgIpc) is 3.71. The lowest BCUT2D eigenvalue weighted by atomic mass is 9.95. The molecule has 11 aromatic rings. The summed E-state index contributed by atoms with van der Waals surface area (Å²) in [6.45, 7) is 0. The van der Waals surface area contributed by atoms with Crippen molar-refractivity contribution in [1.29, 1.82) is 0 Å². The van der Waals surface area contributed by atoms with E-state index in [1.807, 2.05) is 0 Å². The first-order valence-corrected chi connectivity index (χ1v) is 17.3. The van der Waals surface area contributed by atoms with Crippen molar-refractivity contribution in [3.8, 4) is 22.5 Å². The number of benzene rings is 9. The van der Waals surface area contributed by atoms with Crippen molar-refractivity contribution >= 4 is 75.9 Å². The van der Waals surface area contributed by atoms with Gasteiger partial charge in [0.25, 0.3) is 0 Å². The Kier molecular flexibility index (Phi) is 5.70. The summed E-state index contributed by atoms with van der Waals surface area (Å²) < 4.78 is 4.87. The maximum Gasteiger partial charge on any atom is 0.0548 e. The molecule has 0 fully saturated rings. The van der Waals surface area contributed by atoms with Gasteiger partial charge in [0.15, 0.2) is 0 Å². The first kappa shape index (κ1) is 27.3. The normalized spacial score (nSPS) is 12.0. The van der Waals surface area contributed by atoms with Crippen molar-refractivity contribution in [3.05, 3.63) is 182 Å². The molecule has 2 heteroatoms. The summed E-state index contributed by atoms with van der Waals surface area (Å²) in [5, 5.41) is 12.7. The van der Waals surface area contributed by atoms with Gasteiger partial charge in [-0.2, -0.15) is 0 Å². The topological polar surface area (TPSA) is 9.86 Å². The number of hydrogen-bond acceptors (Lipinski definition) is 0. The van der Waals surface area contributed by atoms with E-state index in [0.717, 1.165) is 0 Å². The zero-order valence-corrected chi connectivity index (χ0v) is 27.2. The second kappa shape index (κ2) is 10.4. The van der Waals surface area contributed by atoms with Crippen LogP contribution in [0.25, 0.3) is 98.4 Å². The van der Waals surface area contributed by atoms with Crippen LogP contribution in [-0.2, 0) is 0 Å². The van der Waals surface area contributed by atoms with Crippen molar-refractivity contribution in [1.82, 2.24) is 9.13 Å². The van der Waals surface area contributed by atoms with Crippen LogP contribution in [0.1, 0.15) is 0 Å². The molecular formula is C48H30N2. The Hall–Kier alpha value is -6.64. The number of hydrogen-bond donors (Lipinski definition) is 0. The fourth-order valence-corrected chi connectivity index (χ4v) is 8.53. The number of nitrogens with zero attached hydrogens (tertiary/aromatic N) is 2. The molecule has 11 rings (SSSR count). The zero-order chi connectivity index (χ0) is 32.8. The summed E-state index contributed by atoms with van der Waals surface area (Å²) in [6, 6.07) is 66.7. The molecule has 2 heterocycles. The maximum atomic E-state index is 2.49. The van der Waals surface area contributed by atoms with Gasteiger partial charge in [-0.25, -0.2) is 0 Å². The smallest absolute Gasteiger partial charge is 0.0548 e. The van der Waals surface area contributed by atoms with Gasteiger partial charge in [-0.3, -0.25) is 0 Å². The van der Waals surface area contributed by atoms with Crippen molar-refractivity contribution in [2.75, 3.05) is 0 Å². The van der Waals surface area contributed by atoms with Crippen molar-refractivity contribution in [3.63, 3.8) is 0 Å². The summed E-state index contributed by atoms with van der Waals surface area (Å²) in [5.74, 6) is 0. The second-order valence-electron chi connectivity index (χ2n) is 13.3. The second-order valence-corrected chi connectivity index (χ2v) is 13.3. The molecule has 2 aromatic heterocycles. The number of aromatic nitrogens is 2. The van der Waals surface area contributed by atoms with Crippen LogP contribution in [0.3, 0.4) is 0 Å². The molecule has 0 aliphatic carbocycles. The van der Waals surface area contributed by atoms with Gasteiger partial charge in [0.1, 0.15) is 0 Å². The minimum atomic E-state index is 1.17. The Labute approximate surface area is 288 Å². The van der Waals surface area contributed by atoms with Crippen LogP contribution < -0.4 is 0 Å². The maximum absolute atomic E-state index is 2.49. The predicted octanol–water partition coefficient (Wildman–Crippen LogP) is 13.0. The SMILES string of the molecule is c1ccc(-n2c3ccccc3c3cc(-c4ccc(-n5c6ccc7ccccc7c6c6c7ccccc7ccc65)c5ccccc45)ccc32)cc1. The van der Waals surface area contributed by atoms with Crippen LogP contribution in [0.2, 0.25) is 0 Å². The molecule has 0 aliphatic rings. The standard InChI is InChI=1S/C48H30N2/c1-2-14-34(15-3-1)49-42-21-11-10-20-40(42)41-30-33(24-26-44(41)49)35-25-29-43(39-19-9-8-18-38(35)39)50-45-27-22-31-12-4-6-16-36(31)47(45)48-37-17-7-5-13-32(37)23-28-46(48)50/h1-30H. The van der Waals surface area contributed by atoms with E-state index in [4.69, 9.17) is 0 Å². The third-order valence-electron chi connectivity index (χ3n) is 10.7. The summed E-state index contributed by atoms with van der Waals surface area (Å²) in [4.78, 5) is 0. The molecule has 0 atom stereocenters. The molecular weight excluding hydrogens is 605 g/mol. The van der Waals surface area contributed by atoms with Gasteiger partial charge in [-0.15, -0.1) is 0 Å². The van der Waals surface area contributed by atoms with Gasteiger partial charge >= 0.3 is 0 Å². The molecule has 0 bridgehead atoms. The molecule has 9 aromatic carbocycles. The van der Waals surface area contributed by atoms with E-state index in [-0.39, 0.29) is 0 Å². The highest BCUT2D eigenvalue weighted by atomic mass is 15.0. The van der Waals surface area contributed by atoms with E-state index in [1.165, 1.54) is 98.4 Å². The summed E-state index contributed by atoms with van der Waals surface area (Å²) >= 11 is 0. The fraction of sp³-hybridized carbons (Fsp3) is 0. The molecule has 0 amide bonds. The summed E-state index contributed by atoms with van der Waals surface area (Å²) in [6.07, 6.45) is 0. The number of fused-ring (bicyclic) bond motifs is 11. The third kappa shape index (κ3) is 3.79. The first-order valence-electron chi connectivity index (χ1n) is 17.3. The number of para-hydroxylation sites is 2. The van der Waals surface area contributed by atoms with Crippen LogP contribution in [0.15, 0.2) is 182 Å². The molecule has 232 valence electrons. The van der Waals surface area contributed by atoms with Gasteiger partial charge in [-0.05, 0) is 86.6 Å². The number of rotatable bonds is 3. The summed E-state index contributed by atoms with van der Waals surface area (Å²) in [7, 11) is 0. The Bertz CT molecular complexity index is 3050. The molecule has 0 saturated carbocycles. The van der Waals surface area contributed by atoms with Gasteiger partial charge in [0, 0.05) is 32.6 Å². The van der Waals surface area contributed by atoms with E-state index in [9.17, 15) is 0 Å². The molecule has 0 spiro atoms. The lowest BCUT2D eigenvalue weighted by molar-refractivity contribution is 1.18. The fourth-order valence-electron chi connectivity index (χ4n) is 8.53. The van der Waals surface area contributed by atoms with E-state index in [1.54, 1.807) is 0 Å². The predicted molar refractivity (Wildman–Crippen MR) is 213 cm³/mol. The van der Waals surface area contributed by atoms with Crippen molar-refractivity contribution in [2.45, 2.75) is 0 Å². The van der Waals surface area contributed by atoms with Crippen LogP contribution in [-0.4, -0.2) is 9.13 Å². The molecule has 2 nitrogen and oxygen atoms in total. The highest BCUT2D eigenvalue weighted by Gasteiger charge is 2.20. The lowest BCUT2D eigenvalue weighted by Crippen LogP contribution is -1.96. The van der Waals surface area contributed by atoms with Gasteiger partial charge in [-0.1, -0.05) is 133 Å². The molecule has 0 aliphatic heterocycles. The van der Waals surface area contributed by atoms with Crippen molar-refractivity contribution < 1.29 is 0 Å². The molecule has 50 heavy (non-hydrogen) atoms. The van der Waals surface area contributed by atoms with Crippen LogP contribution >= 0.6 is 0 Å². The lowest BCUT2D eigenvalue weighted by Gasteiger charge is -2.15. The van der Waals surface area contributed by atoms with Gasteiger partial charge < -0.3 is 9.13 Å². The van der Waals surface area contributed by atoms with Gasteiger partial charge in [0.05, 0.1) is 27.8 Å². The van der Waals surface area contributed by atoms with Crippen LogP contribution in [0, 0.1) is 0 Å². The van der Waals surface area contributed by atoms with E-state index >= 15 is 0 Å². The summed E-state index contributed by atoms with van der Waals surface area (Å²) in [5.41, 5.74) is 9.70. The third-order valence-corrected chi connectivity index (χ3v) is 10.7. The quantitative estimate of drug-likeness (QED) is 0.183. The van der Waals surface area contributed by atoms with E-state index < -0.39 is 0 Å². The highest BCUT2D eigenvalue weighted by Crippen LogP contribution is 2.43.